The largest absolute Gasteiger partial charge is 0.487 e. The van der Waals surface area contributed by atoms with Gasteiger partial charge >= 0.3 is 0 Å². The Labute approximate surface area is 137 Å². The van der Waals surface area contributed by atoms with E-state index in [1.165, 1.54) is 6.07 Å². The summed E-state index contributed by atoms with van der Waals surface area (Å²) in [4.78, 5) is 0. The fourth-order valence-corrected chi connectivity index (χ4v) is 3.28. The molecule has 0 heterocycles. The molecule has 0 aromatic heterocycles. The maximum absolute atomic E-state index is 13.1. The number of hydrogen-bond donors (Lipinski definition) is 0. The Balaban J connectivity index is 2.16. The van der Waals surface area contributed by atoms with Crippen molar-refractivity contribution in [2.75, 3.05) is 0 Å². The van der Waals surface area contributed by atoms with Gasteiger partial charge in [-0.15, -0.1) is 11.6 Å². The van der Waals surface area contributed by atoms with Gasteiger partial charge in [0.1, 0.15) is 12.4 Å². The van der Waals surface area contributed by atoms with Crippen molar-refractivity contribution < 1.29 is 13.5 Å². The first kappa shape index (κ1) is 15.7. The molecule has 6 heteroatoms. The highest BCUT2D eigenvalue weighted by Gasteiger charge is 2.10. The highest BCUT2D eigenvalue weighted by atomic mass is 79.9. The van der Waals surface area contributed by atoms with Crippen LogP contribution in [0.4, 0.5) is 8.78 Å². The van der Waals surface area contributed by atoms with E-state index in [2.05, 4.69) is 31.9 Å². The summed E-state index contributed by atoms with van der Waals surface area (Å²) in [5, 5.41) is 0. The topological polar surface area (TPSA) is 9.23 Å². The molecule has 0 radical (unpaired) electrons. The molecular weight excluding hydrogens is 417 g/mol. The lowest BCUT2D eigenvalue weighted by atomic mass is 10.2. The standard InChI is InChI=1S/C14H9Br2ClF2O/c15-10-3-9(6-17)4-11(16)14(10)20-7-8-1-2-12(18)13(19)5-8/h1-5H,6-7H2. The minimum absolute atomic E-state index is 0.134. The molecule has 0 amide bonds. The first-order valence-electron chi connectivity index (χ1n) is 5.62. The summed E-state index contributed by atoms with van der Waals surface area (Å²) < 4.78 is 33.0. The minimum Gasteiger partial charge on any atom is -0.487 e. The monoisotopic (exact) mass is 424 g/mol. The van der Waals surface area contributed by atoms with Crippen molar-refractivity contribution in [1.82, 2.24) is 0 Å². The highest BCUT2D eigenvalue weighted by molar-refractivity contribution is 9.11. The van der Waals surface area contributed by atoms with E-state index in [0.717, 1.165) is 26.6 Å². The molecular formula is C14H9Br2ClF2O. The lowest BCUT2D eigenvalue weighted by Gasteiger charge is -2.12. The molecule has 0 fully saturated rings. The lowest BCUT2D eigenvalue weighted by Crippen LogP contribution is -1.99. The molecule has 0 bridgehead atoms. The van der Waals surface area contributed by atoms with Crippen molar-refractivity contribution in [3.05, 3.63) is 62.0 Å². The van der Waals surface area contributed by atoms with Gasteiger partial charge in [-0.3, -0.25) is 0 Å². The van der Waals surface area contributed by atoms with Gasteiger partial charge in [-0.2, -0.15) is 0 Å². The van der Waals surface area contributed by atoms with Crippen molar-refractivity contribution in [1.29, 1.82) is 0 Å². The average molecular weight is 426 g/mol. The molecule has 0 saturated heterocycles. The summed E-state index contributed by atoms with van der Waals surface area (Å²) in [5.74, 6) is -0.784. The molecule has 2 rings (SSSR count). The fraction of sp³-hybridized carbons (Fsp3) is 0.143. The Bertz CT molecular complexity index is 612. The number of ether oxygens (including phenoxy) is 1. The Morgan fingerprint density at radius 1 is 0.950 bits per heavy atom. The summed E-state index contributed by atoms with van der Waals surface area (Å²) in [5.41, 5.74) is 1.48. The van der Waals surface area contributed by atoms with Gasteiger partial charge in [0.05, 0.1) is 8.95 Å². The van der Waals surface area contributed by atoms with Gasteiger partial charge in [0.25, 0.3) is 0 Å². The third-order valence-electron chi connectivity index (χ3n) is 2.58. The number of alkyl halides is 1. The molecule has 0 aliphatic rings. The van der Waals surface area contributed by atoms with E-state index in [4.69, 9.17) is 16.3 Å². The van der Waals surface area contributed by atoms with Gasteiger partial charge in [-0.05, 0) is 67.3 Å². The fourth-order valence-electron chi connectivity index (χ4n) is 1.61. The Morgan fingerprint density at radius 3 is 2.15 bits per heavy atom. The van der Waals surface area contributed by atoms with Crippen molar-refractivity contribution in [2.24, 2.45) is 0 Å². The second kappa shape index (κ2) is 6.87. The van der Waals surface area contributed by atoms with Crippen molar-refractivity contribution in [3.63, 3.8) is 0 Å². The predicted molar refractivity (Wildman–Crippen MR) is 82.1 cm³/mol. The Kier molecular flexibility index (Phi) is 5.41. The van der Waals surface area contributed by atoms with E-state index >= 15 is 0 Å². The van der Waals surface area contributed by atoms with Gasteiger partial charge in [-0.25, -0.2) is 8.78 Å². The van der Waals surface area contributed by atoms with Crippen molar-refractivity contribution >= 4 is 43.5 Å². The first-order valence-corrected chi connectivity index (χ1v) is 7.74. The predicted octanol–water partition coefficient (Wildman–Crippen LogP) is 5.81. The van der Waals surface area contributed by atoms with Gasteiger partial charge in [-0.1, -0.05) is 6.07 Å². The number of rotatable bonds is 4. The molecule has 1 nitrogen and oxygen atoms in total. The van der Waals surface area contributed by atoms with Gasteiger partial charge in [0.2, 0.25) is 0 Å². The van der Waals surface area contributed by atoms with E-state index in [0.29, 0.717) is 17.2 Å². The molecule has 20 heavy (non-hydrogen) atoms. The maximum Gasteiger partial charge on any atom is 0.159 e. The summed E-state index contributed by atoms with van der Waals surface area (Å²) in [6.07, 6.45) is 0. The zero-order chi connectivity index (χ0) is 14.7. The molecule has 0 N–H and O–H groups in total. The van der Waals surface area contributed by atoms with Crippen LogP contribution in [0.1, 0.15) is 11.1 Å². The SMILES string of the molecule is Fc1ccc(COc2c(Br)cc(CCl)cc2Br)cc1F. The Hall–Kier alpha value is -0.650. The van der Waals surface area contributed by atoms with Gasteiger partial charge < -0.3 is 4.74 Å². The van der Waals surface area contributed by atoms with Crippen LogP contribution in [0.5, 0.6) is 5.75 Å². The van der Waals surface area contributed by atoms with Crippen LogP contribution in [-0.2, 0) is 12.5 Å². The highest BCUT2D eigenvalue weighted by Crippen LogP contribution is 2.35. The van der Waals surface area contributed by atoms with Crippen LogP contribution in [0.25, 0.3) is 0 Å². The Morgan fingerprint density at radius 2 is 1.60 bits per heavy atom. The van der Waals surface area contributed by atoms with Crippen molar-refractivity contribution in [2.45, 2.75) is 12.5 Å². The molecule has 0 saturated carbocycles. The average Bonchev–Trinajstić information content (AvgIpc) is 2.41. The normalized spacial score (nSPS) is 10.7. The lowest BCUT2D eigenvalue weighted by molar-refractivity contribution is 0.301. The zero-order valence-corrected chi connectivity index (χ0v) is 14.0. The van der Waals surface area contributed by atoms with E-state index in [9.17, 15) is 8.78 Å². The van der Waals surface area contributed by atoms with Crippen LogP contribution in [0.15, 0.2) is 39.3 Å². The third kappa shape index (κ3) is 3.71. The van der Waals surface area contributed by atoms with Gasteiger partial charge in [0.15, 0.2) is 11.6 Å². The molecule has 0 atom stereocenters. The number of halogens is 5. The summed E-state index contributed by atoms with van der Waals surface area (Å²) in [6.45, 7) is 0.134. The second-order valence-electron chi connectivity index (χ2n) is 4.06. The first-order chi connectivity index (χ1) is 9.51. The molecule has 106 valence electrons. The quantitative estimate of drug-likeness (QED) is 0.561. The number of benzene rings is 2. The van der Waals surface area contributed by atoms with Crippen LogP contribution in [-0.4, -0.2) is 0 Å². The number of hydrogen-bond acceptors (Lipinski definition) is 1. The van der Waals surface area contributed by atoms with E-state index in [1.54, 1.807) is 0 Å². The zero-order valence-electron chi connectivity index (χ0n) is 10.1. The van der Waals surface area contributed by atoms with E-state index in [1.807, 2.05) is 12.1 Å². The molecule has 0 aliphatic carbocycles. The molecule has 2 aromatic carbocycles. The molecule has 0 spiro atoms. The smallest absolute Gasteiger partial charge is 0.159 e. The summed E-state index contributed by atoms with van der Waals surface area (Å²) in [7, 11) is 0. The van der Waals surface area contributed by atoms with E-state index < -0.39 is 11.6 Å². The second-order valence-corrected chi connectivity index (χ2v) is 6.04. The third-order valence-corrected chi connectivity index (χ3v) is 4.07. The minimum atomic E-state index is -0.887. The van der Waals surface area contributed by atoms with Crippen LogP contribution in [0, 0.1) is 11.6 Å². The summed E-state index contributed by atoms with van der Waals surface area (Å²) in [6, 6.07) is 7.36. The molecule has 0 aliphatic heterocycles. The molecule has 0 unspecified atom stereocenters. The maximum atomic E-state index is 13.1. The van der Waals surface area contributed by atoms with Crippen LogP contribution >= 0.6 is 43.5 Å². The van der Waals surface area contributed by atoms with Crippen molar-refractivity contribution in [3.8, 4) is 5.75 Å². The van der Waals surface area contributed by atoms with Gasteiger partial charge in [0, 0.05) is 5.88 Å². The van der Waals surface area contributed by atoms with E-state index in [-0.39, 0.29) is 6.61 Å². The van der Waals surface area contributed by atoms with Crippen LogP contribution in [0.3, 0.4) is 0 Å². The van der Waals surface area contributed by atoms with Crippen LogP contribution < -0.4 is 4.74 Å². The van der Waals surface area contributed by atoms with Crippen LogP contribution in [0.2, 0.25) is 0 Å². The molecule has 2 aromatic rings. The summed E-state index contributed by atoms with van der Waals surface area (Å²) >= 11 is 12.6.